The Bertz CT molecular complexity index is 693. The van der Waals surface area contributed by atoms with E-state index in [-0.39, 0.29) is 24.5 Å². The maximum atomic E-state index is 8.44. The summed E-state index contributed by atoms with van der Waals surface area (Å²) >= 11 is 6.06. The first kappa shape index (κ1) is 9.02. The van der Waals surface area contributed by atoms with Gasteiger partial charge in [-0.25, -0.2) is 0 Å². The highest BCUT2D eigenvalue weighted by molar-refractivity contribution is 6.31. The van der Waals surface area contributed by atoms with E-state index in [1.165, 1.54) is 12.1 Å². The van der Waals surface area contributed by atoms with Gasteiger partial charge in [-0.3, -0.25) is 0 Å². The molecule has 0 aliphatic carbocycles. The quantitative estimate of drug-likeness (QED) is 0.858. The van der Waals surface area contributed by atoms with E-state index in [9.17, 15) is 0 Å². The van der Waals surface area contributed by atoms with Gasteiger partial charge in [0.1, 0.15) is 0 Å². The highest BCUT2D eigenvalue weighted by atomic mass is 35.5. The second-order valence-corrected chi connectivity index (χ2v) is 4.22. The minimum Gasteiger partial charge on any atom is -0.310 e. The van der Waals surface area contributed by atoms with E-state index in [1.807, 2.05) is 0 Å². The van der Waals surface area contributed by atoms with E-state index in [0.717, 1.165) is 0 Å². The number of rotatable bonds is 5. The zero-order valence-corrected chi connectivity index (χ0v) is 11.8. The lowest BCUT2D eigenvalue weighted by atomic mass is 10.1. The molecule has 1 atom stereocenters. The van der Waals surface area contributed by atoms with Crippen molar-refractivity contribution in [1.82, 2.24) is 5.32 Å². The largest absolute Gasteiger partial charge is 0.310 e. The molecule has 0 bridgehead atoms. The van der Waals surface area contributed by atoms with Gasteiger partial charge in [0, 0.05) is 25.8 Å². The SMILES string of the molecule is Cl.[2H]C([2H])([2H])C([2H])(NCc1ccccc1Cl)C([2H])([2H])c1ccccc1. The Morgan fingerprint density at radius 3 is 2.58 bits per heavy atom. The zero-order valence-electron chi connectivity index (χ0n) is 16.2. The lowest BCUT2D eigenvalue weighted by Gasteiger charge is -2.14. The molecule has 1 N–H and O–H groups in total. The van der Waals surface area contributed by atoms with Crippen molar-refractivity contribution < 1.29 is 8.22 Å². The summed E-state index contributed by atoms with van der Waals surface area (Å²) in [6, 6.07) is 12.2. The first-order chi connectivity index (χ1) is 11.1. The number of hydrogen-bond acceptors (Lipinski definition) is 1. The summed E-state index contributed by atoms with van der Waals surface area (Å²) in [4.78, 5) is 0. The molecule has 0 spiro atoms. The summed E-state index contributed by atoms with van der Waals surface area (Å²) in [5, 5.41) is 3.01. The monoisotopic (exact) mass is 301 g/mol. The first-order valence-electron chi connectivity index (χ1n) is 8.63. The molecule has 1 nitrogen and oxygen atoms in total. The molecular formula is C16H19Cl2N. The third-order valence-electron chi connectivity index (χ3n) is 2.46. The Morgan fingerprint density at radius 2 is 1.89 bits per heavy atom. The molecule has 19 heavy (non-hydrogen) atoms. The van der Waals surface area contributed by atoms with Gasteiger partial charge < -0.3 is 5.32 Å². The van der Waals surface area contributed by atoms with Gasteiger partial charge in [-0.1, -0.05) is 60.1 Å². The predicted octanol–water partition coefficient (Wildman–Crippen LogP) is 4.48. The second kappa shape index (κ2) is 8.21. The summed E-state index contributed by atoms with van der Waals surface area (Å²) in [6.45, 7) is -2.93. The summed E-state index contributed by atoms with van der Waals surface area (Å²) < 4.78 is 48.2. The third-order valence-corrected chi connectivity index (χ3v) is 2.83. The van der Waals surface area contributed by atoms with Crippen LogP contribution in [-0.2, 0) is 12.9 Å². The molecule has 0 amide bonds. The molecule has 102 valence electrons. The van der Waals surface area contributed by atoms with Crippen molar-refractivity contribution in [3.05, 3.63) is 70.7 Å². The van der Waals surface area contributed by atoms with Crippen LogP contribution in [0.3, 0.4) is 0 Å². The van der Waals surface area contributed by atoms with Gasteiger partial charge in [-0.2, -0.15) is 0 Å². The van der Waals surface area contributed by atoms with Gasteiger partial charge in [0.15, 0.2) is 0 Å². The normalized spacial score (nSPS) is 19.4. The van der Waals surface area contributed by atoms with Gasteiger partial charge in [0.05, 0.1) is 0 Å². The highest BCUT2D eigenvalue weighted by Gasteiger charge is 2.04. The first-order valence-corrected chi connectivity index (χ1v) is 6.01. The van der Waals surface area contributed by atoms with Crippen molar-refractivity contribution in [2.45, 2.75) is 25.8 Å². The van der Waals surface area contributed by atoms with Crippen LogP contribution in [0.5, 0.6) is 0 Å². The molecular weight excluding hydrogens is 277 g/mol. The topological polar surface area (TPSA) is 12.0 Å². The zero-order chi connectivity index (χ0) is 18.0. The Morgan fingerprint density at radius 1 is 1.21 bits per heavy atom. The summed E-state index contributed by atoms with van der Waals surface area (Å²) in [6.07, 6.45) is -2.44. The summed E-state index contributed by atoms with van der Waals surface area (Å²) in [7, 11) is 0. The van der Waals surface area contributed by atoms with Crippen LogP contribution in [-0.4, -0.2) is 6.02 Å². The van der Waals surface area contributed by atoms with Crippen LogP contribution < -0.4 is 5.32 Å². The van der Waals surface area contributed by atoms with Crippen molar-refractivity contribution in [3.8, 4) is 0 Å². The van der Waals surface area contributed by atoms with E-state index in [0.29, 0.717) is 10.6 Å². The van der Waals surface area contributed by atoms with Crippen molar-refractivity contribution in [2.24, 2.45) is 0 Å². The van der Waals surface area contributed by atoms with E-state index in [2.05, 4.69) is 5.32 Å². The maximum Gasteiger partial charge on any atom is 0.0465 e. The lowest BCUT2D eigenvalue weighted by Crippen LogP contribution is -2.27. The van der Waals surface area contributed by atoms with Crippen molar-refractivity contribution >= 4 is 24.0 Å². The lowest BCUT2D eigenvalue weighted by molar-refractivity contribution is 0.545. The number of benzene rings is 2. The van der Waals surface area contributed by atoms with E-state index >= 15 is 0 Å². The van der Waals surface area contributed by atoms with Crippen LogP contribution in [0.1, 0.15) is 26.2 Å². The predicted molar refractivity (Wildman–Crippen MR) is 85.1 cm³/mol. The van der Waals surface area contributed by atoms with Crippen LogP contribution in [0.4, 0.5) is 0 Å². The fourth-order valence-corrected chi connectivity index (χ4v) is 1.74. The minimum atomic E-state index is -2.90. The molecule has 0 aromatic heterocycles. The average molecular weight is 302 g/mol. The van der Waals surface area contributed by atoms with Gasteiger partial charge >= 0.3 is 0 Å². The highest BCUT2D eigenvalue weighted by Crippen LogP contribution is 2.14. The fourth-order valence-electron chi connectivity index (χ4n) is 1.54. The number of nitrogens with one attached hydrogen (secondary N) is 1. The standard InChI is InChI=1S/C16H18ClN.ClH/c1-13(11-14-7-3-2-4-8-14)18-12-15-9-5-6-10-16(15)17;/h2-10,13,18H,11-12H2,1H3;1H/i1D3,11D2,13D;. The van der Waals surface area contributed by atoms with Gasteiger partial charge in [0.2, 0.25) is 0 Å². The molecule has 2 aromatic carbocycles. The van der Waals surface area contributed by atoms with Crippen molar-refractivity contribution in [2.75, 3.05) is 0 Å². The van der Waals surface area contributed by atoms with Crippen LogP contribution >= 0.6 is 24.0 Å². The Labute approximate surface area is 134 Å². The Kier molecular flexibility index (Phi) is 3.90. The van der Waals surface area contributed by atoms with Crippen LogP contribution in [0.25, 0.3) is 0 Å². The van der Waals surface area contributed by atoms with E-state index in [4.69, 9.17) is 19.8 Å². The molecule has 0 aliphatic rings. The van der Waals surface area contributed by atoms with Crippen molar-refractivity contribution in [3.63, 3.8) is 0 Å². The molecule has 3 heteroatoms. The second-order valence-electron chi connectivity index (χ2n) is 3.81. The molecule has 1 unspecified atom stereocenters. The van der Waals surface area contributed by atoms with E-state index in [1.54, 1.807) is 42.5 Å². The summed E-state index contributed by atoms with van der Waals surface area (Å²) in [5.41, 5.74) is 0.728. The van der Waals surface area contributed by atoms with Crippen LogP contribution in [0.2, 0.25) is 5.02 Å². The van der Waals surface area contributed by atoms with Crippen LogP contribution in [0.15, 0.2) is 54.6 Å². The molecule has 0 heterocycles. The van der Waals surface area contributed by atoms with Gasteiger partial charge in [-0.15, -0.1) is 12.4 Å². The Balaban J connectivity index is 0.00000312. The molecule has 0 radical (unpaired) electrons. The van der Waals surface area contributed by atoms with Crippen molar-refractivity contribution in [1.29, 1.82) is 0 Å². The van der Waals surface area contributed by atoms with Crippen LogP contribution in [0, 0.1) is 0 Å². The minimum absolute atomic E-state index is 0. The number of halogens is 2. The number of hydrogen-bond donors (Lipinski definition) is 1. The Hall–Kier alpha value is -1.02. The smallest absolute Gasteiger partial charge is 0.0465 e. The molecule has 0 saturated heterocycles. The fraction of sp³-hybridized carbons (Fsp3) is 0.250. The van der Waals surface area contributed by atoms with Gasteiger partial charge in [-0.05, 0) is 30.4 Å². The molecule has 0 fully saturated rings. The third kappa shape index (κ3) is 5.23. The molecule has 0 saturated carbocycles. The maximum absolute atomic E-state index is 8.44. The molecule has 0 aliphatic heterocycles. The van der Waals surface area contributed by atoms with Gasteiger partial charge in [0.25, 0.3) is 0 Å². The summed E-state index contributed by atoms with van der Waals surface area (Å²) in [5.74, 6) is 0. The molecule has 2 rings (SSSR count). The average Bonchev–Trinajstić information content (AvgIpc) is 2.53. The molecule has 2 aromatic rings. The van der Waals surface area contributed by atoms with E-state index < -0.39 is 19.2 Å².